The Hall–Kier alpha value is -1.55. The Kier molecular flexibility index (Phi) is 4.15. The van der Waals surface area contributed by atoms with Gasteiger partial charge in [-0.05, 0) is 54.8 Å². The molecule has 1 aliphatic carbocycles. The zero-order chi connectivity index (χ0) is 14.8. The summed E-state index contributed by atoms with van der Waals surface area (Å²) >= 11 is 1.54. The van der Waals surface area contributed by atoms with Crippen LogP contribution in [0.2, 0.25) is 0 Å². The van der Waals surface area contributed by atoms with Crippen molar-refractivity contribution in [2.75, 3.05) is 5.73 Å². The highest BCUT2D eigenvalue weighted by atomic mass is 32.1. The quantitative estimate of drug-likeness (QED) is 0.646. The number of fused-ring (bicyclic) bond motifs is 1. The highest BCUT2D eigenvalue weighted by Gasteiger charge is 2.19. The number of rotatable bonds is 2. The van der Waals surface area contributed by atoms with Crippen LogP contribution in [0.25, 0.3) is 10.1 Å². The highest BCUT2D eigenvalue weighted by Crippen LogP contribution is 2.28. The molecule has 2 aromatic rings. The Morgan fingerprint density at radius 3 is 2.95 bits per heavy atom. The van der Waals surface area contributed by atoms with E-state index in [-0.39, 0.29) is 5.91 Å². The largest absolute Gasteiger partial charge is 0.399 e. The van der Waals surface area contributed by atoms with Crippen LogP contribution < -0.4 is 11.1 Å². The summed E-state index contributed by atoms with van der Waals surface area (Å²) in [4.78, 5) is 13.2. The SMILES string of the molecule is CC1CCCC(NC(=O)c2cc3cc(N)ccc3s2)CC1. The summed E-state index contributed by atoms with van der Waals surface area (Å²) in [5, 5.41) is 4.27. The van der Waals surface area contributed by atoms with Crippen molar-refractivity contribution in [2.24, 2.45) is 5.92 Å². The van der Waals surface area contributed by atoms with E-state index in [1.54, 1.807) is 11.3 Å². The van der Waals surface area contributed by atoms with Gasteiger partial charge in [-0.2, -0.15) is 0 Å². The lowest BCUT2D eigenvalue weighted by molar-refractivity contribution is 0.0937. The maximum Gasteiger partial charge on any atom is 0.261 e. The molecule has 0 aliphatic heterocycles. The van der Waals surface area contributed by atoms with Crippen molar-refractivity contribution in [3.63, 3.8) is 0 Å². The van der Waals surface area contributed by atoms with Crippen LogP contribution in [-0.2, 0) is 0 Å². The van der Waals surface area contributed by atoms with Gasteiger partial charge in [-0.25, -0.2) is 0 Å². The van der Waals surface area contributed by atoms with Gasteiger partial charge >= 0.3 is 0 Å². The summed E-state index contributed by atoms with van der Waals surface area (Å²) in [6, 6.07) is 8.07. The van der Waals surface area contributed by atoms with E-state index >= 15 is 0 Å². The Balaban J connectivity index is 1.71. The first-order valence-electron chi connectivity index (χ1n) is 7.72. The minimum absolute atomic E-state index is 0.0642. The fourth-order valence-corrected chi connectivity index (χ4v) is 4.01. The van der Waals surface area contributed by atoms with Gasteiger partial charge in [-0.3, -0.25) is 4.79 Å². The van der Waals surface area contributed by atoms with Crippen molar-refractivity contribution in [3.8, 4) is 0 Å². The second-order valence-electron chi connectivity index (χ2n) is 6.19. The second kappa shape index (κ2) is 6.06. The summed E-state index contributed by atoms with van der Waals surface area (Å²) in [6.45, 7) is 2.31. The number of carbonyl (C=O) groups is 1. The molecule has 21 heavy (non-hydrogen) atoms. The standard InChI is InChI=1S/C17H22N2OS/c1-11-3-2-4-14(7-5-11)19-17(20)16-10-12-9-13(18)6-8-15(12)21-16/h6,8-11,14H,2-5,7,18H2,1H3,(H,19,20). The van der Waals surface area contributed by atoms with Crippen LogP contribution in [-0.4, -0.2) is 11.9 Å². The van der Waals surface area contributed by atoms with Gasteiger partial charge in [0, 0.05) is 16.4 Å². The molecule has 0 bridgehead atoms. The number of hydrogen-bond donors (Lipinski definition) is 2. The van der Waals surface area contributed by atoms with E-state index in [2.05, 4.69) is 12.2 Å². The smallest absolute Gasteiger partial charge is 0.261 e. The third-order valence-electron chi connectivity index (χ3n) is 4.36. The topological polar surface area (TPSA) is 55.1 Å². The number of nitrogens with two attached hydrogens (primary N) is 1. The predicted molar refractivity (Wildman–Crippen MR) is 89.7 cm³/mol. The van der Waals surface area contributed by atoms with E-state index in [0.29, 0.717) is 6.04 Å². The molecule has 1 saturated carbocycles. The molecule has 3 rings (SSSR count). The van der Waals surface area contributed by atoms with Gasteiger partial charge in [0.05, 0.1) is 4.88 Å². The molecule has 2 atom stereocenters. The van der Waals surface area contributed by atoms with Crippen molar-refractivity contribution in [2.45, 2.75) is 45.1 Å². The number of nitrogen functional groups attached to an aromatic ring is 1. The summed E-state index contributed by atoms with van der Waals surface area (Å²) < 4.78 is 1.11. The third-order valence-corrected chi connectivity index (χ3v) is 5.47. The van der Waals surface area contributed by atoms with Gasteiger partial charge in [0.25, 0.3) is 5.91 Å². The molecule has 4 heteroatoms. The van der Waals surface area contributed by atoms with Crippen LogP contribution in [0.15, 0.2) is 24.3 Å². The molecular weight excluding hydrogens is 280 g/mol. The summed E-state index contributed by atoms with van der Waals surface area (Å²) in [7, 11) is 0. The molecule has 112 valence electrons. The average molecular weight is 302 g/mol. The van der Waals surface area contributed by atoms with Gasteiger partial charge < -0.3 is 11.1 Å². The molecule has 0 spiro atoms. The van der Waals surface area contributed by atoms with Crippen LogP contribution in [0.5, 0.6) is 0 Å². The summed E-state index contributed by atoms with van der Waals surface area (Å²) in [5.41, 5.74) is 6.53. The first-order chi connectivity index (χ1) is 10.1. The van der Waals surface area contributed by atoms with Crippen molar-refractivity contribution in [1.82, 2.24) is 5.32 Å². The number of nitrogens with one attached hydrogen (secondary N) is 1. The Morgan fingerprint density at radius 1 is 1.24 bits per heavy atom. The predicted octanol–water partition coefficient (Wildman–Crippen LogP) is 4.18. The summed E-state index contributed by atoms with van der Waals surface area (Å²) in [6.07, 6.45) is 5.93. The van der Waals surface area contributed by atoms with Crippen molar-refractivity contribution in [1.29, 1.82) is 0 Å². The first-order valence-corrected chi connectivity index (χ1v) is 8.53. The number of thiophene rings is 1. The maximum atomic E-state index is 12.4. The zero-order valence-electron chi connectivity index (χ0n) is 12.4. The fourth-order valence-electron chi connectivity index (χ4n) is 3.06. The molecule has 0 saturated heterocycles. The fraction of sp³-hybridized carbons (Fsp3) is 0.471. The van der Waals surface area contributed by atoms with E-state index in [4.69, 9.17) is 5.73 Å². The highest BCUT2D eigenvalue weighted by molar-refractivity contribution is 7.20. The number of hydrogen-bond acceptors (Lipinski definition) is 3. The first kappa shape index (κ1) is 14.4. The van der Waals surface area contributed by atoms with Gasteiger partial charge in [0.2, 0.25) is 0 Å². The van der Waals surface area contributed by atoms with E-state index in [0.717, 1.165) is 39.4 Å². The van der Waals surface area contributed by atoms with Crippen LogP contribution >= 0.6 is 11.3 Å². The Bertz CT molecular complexity index is 649. The van der Waals surface area contributed by atoms with Gasteiger partial charge in [-0.15, -0.1) is 11.3 Å². The molecular formula is C17H22N2OS. The lowest BCUT2D eigenvalue weighted by Crippen LogP contribution is -2.33. The molecule has 1 aliphatic rings. The Morgan fingerprint density at radius 2 is 2.10 bits per heavy atom. The summed E-state index contributed by atoms with van der Waals surface area (Å²) in [5.74, 6) is 0.855. The molecule has 1 aromatic carbocycles. The minimum atomic E-state index is 0.0642. The van der Waals surface area contributed by atoms with E-state index < -0.39 is 0 Å². The number of anilines is 1. The van der Waals surface area contributed by atoms with Crippen LogP contribution in [0, 0.1) is 5.92 Å². The molecule has 1 aromatic heterocycles. The average Bonchev–Trinajstić information content (AvgIpc) is 2.77. The van der Waals surface area contributed by atoms with Crippen LogP contribution in [0.4, 0.5) is 5.69 Å². The molecule has 3 nitrogen and oxygen atoms in total. The monoisotopic (exact) mass is 302 g/mol. The zero-order valence-corrected chi connectivity index (χ0v) is 13.2. The van der Waals surface area contributed by atoms with E-state index in [9.17, 15) is 4.79 Å². The lowest BCUT2D eigenvalue weighted by Gasteiger charge is -2.15. The van der Waals surface area contributed by atoms with Crippen LogP contribution in [0.3, 0.4) is 0 Å². The van der Waals surface area contributed by atoms with Gasteiger partial charge in [-0.1, -0.05) is 19.8 Å². The van der Waals surface area contributed by atoms with Crippen molar-refractivity contribution < 1.29 is 4.79 Å². The van der Waals surface area contributed by atoms with Crippen molar-refractivity contribution in [3.05, 3.63) is 29.1 Å². The Labute approximate surface area is 129 Å². The van der Waals surface area contributed by atoms with E-state index in [1.807, 2.05) is 24.3 Å². The molecule has 1 amide bonds. The maximum absolute atomic E-state index is 12.4. The molecule has 0 radical (unpaired) electrons. The third kappa shape index (κ3) is 3.38. The van der Waals surface area contributed by atoms with Gasteiger partial charge in [0.15, 0.2) is 0 Å². The minimum Gasteiger partial charge on any atom is -0.399 e. The number of carbonyl (C=O) groups excluding carboxylic acids is 1. The van der Waals surface area contributed by atoms with Crippen LogP contribution in [0.1, 0.15) is 48.7 Å². The molecule has 1 heterocycles. The second-order valence-corrected chi connectivity index (χ2v) is 7.28. The molecule has 2 unspecified atom stereocenters. The molecule has 1 fully saturated rings. The normalized spacial score (nSPS) is 22.9. The van der Waals surface area contributed by atoms with E-state index in [1.165, 1.54) is 19.3 Å². The number of benzene rings is 1. The van der Waals surface area contributed by atoms with Crippen molar-refractivity contribution >= 4 is 33.0 Å². The van der Waals surface area contributed by atoms with Gasteiger partial charge in [0.1, 0.15) is 0 Å². The lowest BCUT2D eigenvalue weighted by atomic mass is 10.0. The molecule has 3 N–H and O–H groups in total. The number of amides is 1.